The van der Waals surface area contributed by atoms with E-state index < -0.39 is 0 Å². The lowest BCUT2D eigenvalue weighted by molar-refractivity contribution is 0.166. The van der Waals surface area contributed by atoms with Gasteiger partial charge in [0.25, 0.3) is 0 Å². The zero-order valence-corrected chi connectivity index (χ0v) is 9.45. The summed E-state index contributed by atoms with van der Waals surface area (Å²) in [5, 5.41) is 9.92. The van der Waals surface area contributed by atoms with Gasteiger partial charge < -0.3 is 9.67 Å². The Bertz CT molecular complexity index is 357. The minimum absolute atomic E-state index is 0.274. The summed E-state index contributed by atoms with van der Waals surface area (Å²) in [7, 11) is 0. The van der Waals surface area contributed by atoms with Gasteiger partial charge >= 0.3 is 0 Å². The average molecular weight is 226 g/mol. The van der Waals surface area contributed by atoms with Crippen LogP contribution < -0.4 is 0 Å². The highest BCUT2D eigenvalue weighted by Gasteiger charge is 2.17. The van der Waals surface area contributed by atoms with Crippen LogP contribution in [-0.4, -0.2) is 9.67 Å². The minimum Gasteiger partial charge on any atom is -0.388 e. The highest BCUT2D eigenvalue weighted by molar-refractivity contribution is 6.25. The monoisotopic (exact) mass is 225 g/mol. The Morgan fingerprint density at radius 2 is 2.33 bits per heavy atom. The van der Waals surface area contributed by atoms with Gasteiger partial charge in [0.15, 0.2) is 0 Å². The zero-order chi connectivity index (χ0) is 10.7. The number of aryl methyl sites for hydroxylation is 1. The number of rotatable bonds is 2. The van der Waals surface area contributed by atoms with Crippen LogP contribution in [0.2, 0.25) is 0 Å². The summed E-state index contributed by atoms with van der Waals surface area (Å²) in [5.41, 5.74) is 3.93. The molecule has 0 fully saturated rings. The van der Waals surface area contributed by atoms with Crippen molar-refractivity contribution in [1.82, 2.24) is 4.57 Å². The SMILES string of the molecule is OC1CCCCc2cn(C/C=C/Cl)cc21. The van der Waals surface area contributed by atoms with Gasteiger partial charge in [-0.2, -0.15) is 0 Å². The van der Waals surface area contributed by atoms with Gasteiger partial charge in [0.2, 0.25) is 0 Å². The van der Waals surface area contributed by atoms with Gasteiger partial charge in [-0.15, -0.1) is 0 Å². The van der Waals surface area contributed by atoms with Crippen molar-refractivity contribution in [3.05, 3.63) is 35.1 Å². The number of aromatic nitrogens is 1. The lowest BCUT2D eigenvalue weighted by Crippen LogP contribution is -1.95. The number of aliphatic hydroxyl groups excluding tert-OH is 1. The van der Waals surface area contributed by atoms with Crippen LogP contribution in [0, 0.1) is 0 Å². The van der Waals surface area contributed by atoms with Crippen LogP contribution >= 0.6 is 11.6 Å². The first-order valence-electron chi connectivity index (χ1n) is 5.43. The molecule has 1 unspecified atom stereocenters. The van der Waals surface area contributed by atoms with Gasteiger partial charge in [-0.3, -0.25) is 0 Å². The van der Waals surface area contributed by atoms with Crippen molar-refractivity contribution in [3.63, 3.8) is 0 Å². The zero-order valence-electron chi connectivity index (χ0n) is 8.69. The first-order chi connectivity index (χ1) is 7.31. The molecule has 0 spiro atoms. The number of nitrogens with zero attached hydrogens (tertiary/aromatic N) is 1. The number of fused-ring (bicyclic) bond motifs is 1. The van der Waals surface area contributed by atoms with Crippen molar-refractivity contribution in [3.8, 4) is 0 Å². The van der Waals surface area contributed by atoms with Crippen molar-refractivity contribution < 1.29 is 5.11 Å². The van der Waals surface area contributed by atoms with Gasteiger partial charge in [-0.1, -0.05) is 24.1 Å². The van der Waals surface area contributed by atoms with Gasteiger partial charge in [0.05, 0.1) is 6.10 Å². The van der Waals surface area contributed by atoms with E-state index in [1.807, 2.05) is 12.3 Å². The molecule has 1 atom stereocenters. The normalized spacial score (nSPS) is 21.6. The quantitative estimate of drug-likeness (QED) is 0.770. The second kappa shape index (κ2) is 4.86. The smallest absolute Gasteiger partial charge is 0.0807 e. The molecule has 0 bridgehead atoms. The van der Waals surface area contributed by atoms with Gasteiger partial charge in [-0.05, 0) is 24.8 Å². The maximum absolute atomic E-state index is 9.92. The largest absolute Gasteiger partial charge is 0.388 e. The first-order valence-corrected chi connectivity index (χ1v) is 5.86. The summed E-state index contributed by atoms with van der Waals surface area (Å²) in [4.78, 5) is 0. The Hall–Kier alpha value is -0.730. The molecule has 0 radical (unpaired) electrons. The maximum atomic E-state index is 9.92. The van der Waals surface area contributed by atoms with Crippen LogP contribution in [0.25, 0.3) is 0 Å². The number of aliphatic hydroxyl groups is 1. The lowest BCUT2D eigenvalue weighted by atomic mass is 10.1. The Morgan fingerprint density at radius 1 is 1.47 bits per heavy atom. The molecule has 82 valence electrons. The fourth-order valence-corrected chi connectivity index (χ4v) is 2.24. The van der Waals surface area contributed by atoms with E-state index in [0.717, 1.165) is 31.4 Å². The first kappa shape index (κ1) is 10.8. The van der Waals surface area contributed by atoms with E-state index in [1.54, 1.807) is 0 Å². The van der Waals surface area contributed by atoms with Crippen LogP contribution in [0.1, 0.15) is 36.5 Å². The molecule has 0 saturated heterocycles. The Morgan fingerprint density at radius 3 is 3.13 bits per heavy atom. The topological polar surface area (TPSA) is 25.2 Å². The molecule has 3 heteroatoms. The Labute approximate surface area is 95.2 Å². The second-order valence-electron chi connectivity index (χ2n) is 4.06. The van der Waals surface area contributed by atoms with Crippen molar-refractivity contribution in [2.24, 2.45) is 0 Å². The van der Waals surface area contributed by atoms with Crippen molar-refractivity contribution in [1.29, 1.82) is 0 Å². The van der Waals surface area contributed by atoms with Gasteiger partial charge in [-0.25, -0.2) is 0 Å². The summed E-state index contributed by atoms with van der Waals surface area (Å²) in [6.07, 6.45) is 10.1. The molecule has 2 rings (SSSR count). The summed E-state index contributed by atoms with van der Waals surface area (Å²) in [5.74, 6) is 0. The van der Waals surface area contributed by atoms with E-state index in [9.17, 15) is 5.11 Å². The van der Waals surface area contributed by atoms with E-state index in [1.165, 1.54) is 17.5 Å². The Kier molecular flexibility index (Phi) is 3.49. The molecule has 0 aromatic carbocycles. The third-order valence-electron chi connectivity index (χ3n) is 2.94. The molecule has 1 aliphatic carbocycles. The second-order valence-corrected chi connectivity index (χ2v) is 4.31. The number of allylic oxidation sites excluding steroid dienone is 1. The van der Waals surface area contributed by atoms with Crippen LogP contribution in [-0.2, 0) is 13.0 Å². The van der Waals surface area contributed by atoms with E-state index in [2.05, 4.69) is 10.8 Å². The third kappa shape index (κ3) is 2.44. The van der Waals surface area contributed by atoms with Crippen LogP contribution in [0.15, 0.2) is 24.0 Å². The molecule has 1 aromatic heterocycles. The van der Waals surface area contributed by atoms with Gasteiger partial charge in [0, 0.05) is 30.0 Å². The van der Waals surface area contributed by atoms with Gasteiger partial charge in [0.1, 0.15) is 0 Å². The van der Waals surface area contributed by atoms with E-state index >= 15 is 0 Å². The highest BCUT2D eigenvalue weighted by atomic mass is 35.5. The van der Waals surface area contributed by atoms with Crippen molar-refractivity contribution in [2.45, 2.75) is 38.3 Å². The fraction of sp³-hybridized carbons (Fsp3) is 0.500. The summed E-state index contributed by atoms with van der Waals surface area (Å²) < 4.78 is 2.08. The van der Waals surface area contributed by atoms with Crippen LogP contribution in [0.4, 0.5) is 0 Å². The molecular weight excluding hydrogens is 210 g/mol. The molecule has 0 aliphatic heterocycles. The number of hydrogen-bond acceptors (Lipinski definition) is 1. The average Bonchev–Trinajstić information content (AvgIpc) is 2.57. The molecule has 1 N–H and O–H groups in total. The number of halogens is 1. The summed E-state index contributed by atoms with van der Waals surface area (Å²) in [6.45, 7) is 0.781. The van der Waals surface area contributed by atoms with Crippen LogP contribution in [0.3, 0.4) is 0 Å². The molecule has 1 aliphatic rings. The minimum atomic E-state index is -0.274. The highest BCUT2D eigenvalue weighted by Crippen LogP contribution is 2.29. The molecule has 1 aromatic rings. The van der Waals surface area contributed by atoms with E-state index in [4.69, 9.17) is 11.6 Å². The summed E-state index contributed by atoms with van der Waals surface area (Å²) >= 11 is 5.49. The predicted octanol–water partition coefficient (Wildman–Crippen LogP) is 3.00. The van der Waals surface area contributed by atoms with Crippen LogP contribution in [0.5, 0.6) is 0 Å². The molecule has 1 heterocycles. The third-order valence-corrected chi connectivity index (χ3v) is 3.11. The molecule has 0 amide bonds. The molecular formula is C12H16ClNO. The molecule has 15 heavy (non-hydrogen) atoms. The maximum Gasteiger partial charge on any atom is 0.0807 e. The van der Waals surface area contributed by atoms with E-state index in [0.29, 0.717) is 0 Å². The lowest BCUT2D eigenvalue weighted by Gasteiger charge is -2.05. The molecule has 0 saturated carbocycles. The van der Waals surface area contributed by atoms with Crippen molar-refractivity contribution >= 4 is 11.6 Å². The van der Waals surface area contributed by atoms with E-state index in [-0.39, 0.29) is 6.10 Å². The Balaban J connectivity index is 2.21. The molecule has 2 nitrogen and oxygen atoms in total. The number of hydrogen-bond donors (Lipinski definition) is 1. The fourth-order valence-electron chi connectivity index (χ4n) is 2.16. The standard InChI is InChI=1S/C12H16ClNO/c13-6-3-7-14-8-10-4-1-2-5-12(15)11(10)9-14/h3,6,8-9,12,15H,1-2,4-5,7H2/b6-3+. The van der Waals surface area contributed by atoms with Crippen molar-refractivity contribution in [2.75, 3.05) is 0 Å². The predicted molar refractivity (Wildman–Crippen MR) is 61.9 cm³/mol. The summed E-state index contributed by atoms with van der Waals surface area (Å²) in [6, 6.07) is 0.